The number of hydrogen-bond donors (Lipinski definition) is 2. The first-order valence-electron chi connectivity index (χ1n) is 21.1. The lowest BCUT2D eigenvalue weighted by atomic mass is 9.98. The highest BCUT2D eigenvalue weighted by atomic mass is 32.2. The number of para-hydroxylation sites is 1. The number of sulfonamides is 1. The molecule has 1 unspecified atom stereocenters. The second-order valence-electron chi connectivity index (χ2n) is 16.7. The van der Waals surface area contributed by atoms with Crippen LogP contribution in [-0.4, -0.2) is 95.7 Å². The number of aryl methyl sites for hydroxylation is 1. The van der Waals surface area contributed by atoms with E-state index in [0.717, 1.165) is 5.56 Å². The van der Waals surface area contributed by atoms with Gasteiger partial charge < -0.3 is 34.6 Å². The molecule has 0 spiro atoms. The minimum atomic E-state index is -4.96. The molecule has 0 aliphatic carbocycles. The first-order valence-corrected chi connectivity index (χ1v) is 24.1. The Labute approximate surface area is 389 Å². The summed E-state index contributed by atoms with van der Waals surface area (Å²) in [5.74, 6) is 1.75. The molecule has 0 saturated heterocycles. The normalized spacial score (nSPS) is 12.6. The topological polar surface area (TPSA) is 225 Å². The van der Waals surface area contributed by atoms with Gasteiger partial charge in [0.25, 0.3) is 0 Å². The minimum Gasteiger partial charge on any atom is -0.497 e. The number of ether oxygens (including phenoxy) is 4. The van der Waals surface area contributed by atoms with Crippen LogP contribution in [0.4, 0.5) is 10.7 Å². The van der Waals surface area contributed by atoms with Crippen molar-refractivity contribution < 1.29 is 40.6 Å². The first kappa shape index (κ1) is 47.9. The third kappa shape index (κ3) is 10.5. The summed E-state index contributed by atoms with van der Waals surface area (Å²) >= 11 is 0. The van der Waals surface area contributed by atoms with E-state index in [1.807, 2.05) is 18.2 Å². The Morgan fingerprint density at radius 3 is 1.87 bits per heavy atom. The van der Waals surface area contributed by atoms with Crippen molar-refractivity contribution in [3.05, 3.63) is 120 Å². The summed E-state index contributed by atoms with van der Waals surface area (Å²) in [6.45, 7) is 5.70. The highest BCUT2D eigenvalue weighted by molar-refractivity contribution is 7.94. The average molecular weight is 952 g/mol. The quantitative estimate of drug-likeness (QED) is 0.0978. The highest BCUT2D eigenvalue weighted by Crippen LogP contribution is 2.44. The summed E-state index contributed by atoms with van der Waals surface area (Å²) < 4.78 is 87.0. The summed E-state index contributed by atoms with van der Waals surface area (Å²) in [6.07, 6.45) is -0.844. The molecule has 1 amide bonds. The summed E-state index contributed by atoms with van der Waals surface area (Å²) in [6, 6.07) is 29.0. The van der Waals surface area contributed by atoms with Gasteiger partial charge in [-0.15, -0.1) is 10.2 Å². The van der Waals surface area contributed by atoms with E-state index in [1.54, 1.807) is 112 Å². The predicted molar refractivity (Wildman–Crippen MR) is 253 cm³/mol. The zero-order valence-electron chi connectivity index (χ0n) is 38.4. The fourth-order valence-corrected chi connectivity index (χ4v) is 11.0. The van der Waals surface area contributed by atoms with Crippen LogP contribution in [-0.2, 0) is 51.3 Å². The fraction of sp³-hybridized carbons (Fsp3) is 0.298. The second kappa shape index (κ2) is 19.4. The summed E-state index contributed by atoms with van der Waals surface area (Å²) in [5, 5.41) is 14.7. The van der Waals surface area contributed by atoms with Crippen molar-refractivity contribution >= 4 is 42.9 Å². The zero-order valence-corrected chi connectivity index (χ0v) is 40.1. The molecule has 7 rings (SSSR count). The third-order valence-electron chi connectivity index (χ3n) is 10.9. The molecule has 0 saturated carbocycles. The largest absolute Gasteiger partial charge is 0.497 e. The summed E-state index contributed by atoms with van der Waals surface area (Å²) in [5.41, 5.74) is 8.94. The van der Waals surface area contributed by atoms with Crippen LogP contribution < -0.4 is 25.3 Å². The Bertz CT molecular complexity index is 3060. The first-order chi connectivity index (χ1) is 31.8. The van der Waals surface area contributed by atoms with E-state index in [0.29, 0.717) is 45.0 Å². The molecule has 67 heavy (non-hydrogen) atoms. The van der Waals surface area contributed by atoms with E-state index < -0.39 is 53.1 Å². The fourth-order valence-electron chi connectivity index (χ4n) is 7.34. The van der Waals surface area contributed by atoms with Gasteiger partial charge in [0, 0.05) is 32.2 Å². The van der Waals surface area contributed by atoms with Crippen molar-refractivity contribution in [2.24, 2.45) is 7.05 Å². The molecule has 7 aromatic rings. The molecule has 0 bridgehead atoms. The smallest absolute Gasteiger partial charge is 0.407 e. The summed E-state index contributed by atoms with van der Waals surface area (Å²) in [4.78, 5) is 17.6. The number of nitrogens with zero attached hydrogens (tertiary/aromatic N) is 7. The van der Waals surface area contributed by atoms with Gasteiger partial charge in [0.05, 0.1) is 54.6 Å². The van der Waals surface area contributed by atoms with Gasteiger partial charge in [-0.05, 0) is 104 Å². The number of fused-ring (bicyclic) bond motifs is 1. The number of tetrazole rings is 1. The third-order valence-corrected chi connectivity index (χ3v) is 15.1. The number of nitrogens with one attached hydrogen (secondary N) is 1. The van der Waals surface area contributed by atoms with Crippen LogP contribution in [0.1, 0.15) is 44.4 Å². The number of carbonyl (C=O) groups excluding carboxylic acids is 1. The number of nitrogens with two attached hydrogens (primary N) is 1. The van der Waals surface area contributed by atoms with Gasteiger partial charge in [-0.1, -0.05) is 54.6 Å². The van der Waals surface area contributed by atoms with Crippen LogP contribution in [0.2, 0.25) is 0 Å². The van der Waals surface area contributed by atoms with Gasteiger partial charge in [0.15, 0.2) is 9.84 Å². The van der Waals surface area contributed by atoms with Crippen molar-refractivity contribution in [1.29, 1.82) is 0 Å². The Hall–Kier alpha value is -7.03. The lowest BCUT2D eigenvalue weighted by molar-refractivity contribution is 0.0528. The van der Waals surface area contributed by atoms with Gasteiger partial charge in [-0.3, -0.25) is 0 Å². The summed E-state index contributed by atoms with van der Waals surface area (Å²) in [7, 11) is -3.26. The van der Waals surface area contributed by atoms with Crippen LogP contribution in [0.5, 0.6) is 17.2 Å². The standard InChI is InChI=1S/C47H53N9O9S2/c1-30(26-49-46(57)65-47(2,3)4)66(58,59)40-25-24-37(38-10-9-11-39-42(38)50-45(48)54(39)5)41(44-51-53-56(52-44)29-33-16-22-36(64-8)23-17-33)43(40)67(60,61)55(27-31-12-18-34(62-6)19-13-31)28-32-14-20-35(63-7)21-15-32/h9-25,30H,26-29H2,1-8H3,(H2,48,50)(H,49,57). The van der Waals surface area contributed by atoms with E-state index in [2.05, 4.69) is 20.6 Å². The van der Waals surface area contributed by atoms with Crippen LogP contribution >= 0.6 is 0 Å². The molecular weight excluding hydrogens is 899 g/mol. The van der Waals surface area contributed by atoms with Crippen molar-refractivity contribution in [3.63, 3.8) is 0 Å². The lowest BCUT2D eigenvalue weighted by Gasteiger charge is -2.27. The maximum Gasteiger partial charge on any atom is 0.407 e. The lowest BCUT2D eigenvalue weighted by Crippen LogP contribution is -2.39. The number of methoxy groups -OCH3 is 3. The van der Waals surface area contributed by atoms with Crippen molar-refractivity contribution in [2.75, 3.05) is 33.6 Å². The van der Waals surface area contributed by atoms with Crippen molar-refractivity contribution in [1.82, 2.24) is 39.4 Å². The highest BCUT2D eigenvalue weighted by Gasteiger charge is 2.40. The zero-order chi connectivity index (χ0) is 48.3. The SMILES string of the molecule is COc1ccc(CN(Cc2ccc(OC)cc2)S(=O)(=O)c2c(S(=O)(=O)C(C)CNC(=O)OC(C)(C)C)ccc(-c3cccc4c3nc(N)n4C)c2-c2nnn(Cc3ccc(OC)cc3)n2)cc1. The molecule has 0 aliphatic heterocycles. The number of imidazole rings is 1. The number of alkyl carbamates (subject to hydrolysis) is 1. The molecule has 1 atom stereocenters. The maximum atomic E-state index is 16.1. The minimum absolute atomic E-state index is 0.118. The van der Waals surface area contributed by atoms with Gasteiger partial charge in [-0.2, -0.15) is 9.10 Å². The molecule has 2 aromatic heterocycles. The van der Waals surface area contributed by atoms with E-state index in [9.17, 15) is 4.79 Å². The van der Waals surface area contributed by atoms with Crippen molar-refractivity contribution in [3.8, 4) is 39.8 Å². The molecule has 20 heteroatoms. The number of benzene rings is 5. The van der Waals surface area contributed by atoms with Crippen molar-refractivity contribution in [2.45, 2.75) is 68.0 Å². The molecule has 5 aromatic carbocycles. The van der Waals surface area contributed by atoms with Gasteiger partial charge in [0.1, 0.15) is 27.7 Å². The van der Waals surface area contributed by atoms with Gasteiger partial charge in [0.2, 0.25) is 21.8 Å². The van der Waals surface area contributed by atoms with Crippen LogP contribution in [0, 0.1) is 0 Å². The Kier molecular flexibility index (Phi) is 13.9. The molecule has 18 nitrogen and oxygen atoms in total. The number of hydrogen-bond acceptors (Lipinski definition) is 14. The molecule has 0 fully saturated rings. The van der Waals surface area contributed by atoms with E-state index in [1.165, 1.54) is 42.4 Å². The average Bonchev–Trinajstić information content (AvgIpc) is 3.89. The van der Waals surface area contributed by atoms with Crippen LogP contribution in [0.15, 0.2) is 113 Å². The number of amides is 1. The van der Waals surface area contributed by atoms with Gasteiger partial charge in [-0.25, -0.2) is 26.6 Å². The molecule has 2 heterocycles. The maximum absolute atomic E-state index is 16.1. The van der Waals surface area contributed by atoms with E-state index in [-0.39, 0.29) is 42.5 Å². The second-order valence-corrected chi connectivity index (χ2v) is 20.9. The Morgan fingerprint density at radius 1 is 0.776 bits per heavy atom. The molecular formula is C47H53N9O9S2. The molecule has 0 aliphatic rings. The number of nitrogen functional groups attached to an aromatic ring is 1. The number of sulfone groups is 1. The van der Waals surface area contributed by atoms with E-state index in [4.69, 9.17) is 29.8 Å². The van der Waals surface area contributed by atoms with Crippen LogP contribution in [0.3, 0.4) is 0 Å². The monoisotopic (exact) mass is 951 g/mol. The number of anilines is 1. The Balaban J connectivity index is 1.51. The molecule has 0 radical (unpaired) electrons. The number of aromatic nitrogens is 6. The van der Waals surface area contributed by atoms with Gasteiger partial charge >= 0.3 is 6.09 Å². The molecule has 3 N–H and O–H groups in total. The Morgan fingerprint density at radius 2 is 1.33 bits per heavy atom. The van der Waals surface area contributed by atoms with E-state index >= 15 is 16.8 Å². The number of rotatable bonds is 17. The predicted octanol–water partition coefficient (Wildman–Crippen LogP) is 6.63. The van der Waals surface area contributed by atoms with Crippen LogP contribution in [0.25, 0.3) is 33.5 Å². The molecule has 352 valence electrons. The number of carbonyl (C=O) groups is 1.